The molecule has 0 fully saturated rings. The van der Waals surface area contributed by atoms with E-state index in [0.29, 0.717) is 12.3 Å². The van der Waals surface area contributed by atoms with Crippen LogP contribution in [0.4, 0.5) is 5.13 Å². The van der Waals surface area contributed by atoms with Crippen LogP contribution in [-0.2, 0) is 16.6 Å². The number of rotatable bonds is 5. The van der Waals surface area contributed by atoms with E-state index < -0.39 is 10.0 Å². The third-order valence-corrected chi connectivity index (χ3v) is 3.78. The summed E-state index contributed by atoms with van der Waals surface area (Å²) in [5.41, 5.74) is 1.44. The lowest BCUT2D eigenvalue weighted by molar-refractivity contribution is 0.408. The van der Waals surface area contributed by atoms with Gasteiger partial charge in [-0.05, 0) is 19.2 Å². The van der Waals surface area contributed by atoms with E-state index in [2.05, 4.69) is 20.2 Å². The normalized spacial score (nSPS) is 11.6. The van der Waals surface area contributed by atoms with Crippen molar-refractivity contribution in [3.63, 3.8) is 0 Å². The molecular formula is C8H10N4O3S2. The van der Waals surface area contributed by atoms with E-state index in [1.165, 1.54) is 11.6 Å². The molecule has 0 aliphatic carbocycles. The maximum Gasteiger partial charge on any atom is 0.297 e. The molecule has 0 radical (unpaired) electrons. The Morgan fingerprint density at radius 2 is 2.29 bits per heavy atom. The SMILES string of the molecule is CNCc1ccc(S(=O)(=O)Nc2nncs2)o1. The van der Waals surface area contributed by atoms with Gasteiger partial charge in [0.05, 0.1) is 6.54 Å². The summed E-state index contributed by atoms with van der Waals surface area (Å²) in [4.78, 5) is 0. The minimum atomic E-state index is -3.72. The average Bonchev–Trinajstić information content (AvgIpc) is 2.88. The van der Waals surface area contributed by atoms with Crippen LogP contribution in [0.5, 0.6) is 0 Å². The van der Waals surface area contributed by atoms with Crippen molar-refractivity contribution in [1.29, 1.82) is 0 Å². The molecule has 2 heterocycles. The summed E-state index contributed by atoms with van der Waals surface area (Å²) >= 11 is 1.10. The Balaban J connectivity index is 2.19. The summed E-state index contributed by atoms with van der Waals surface area (Å²) in [7, 11) is -1.97. The van der Waals surface area contributed by atoms with Gasteiger partial charge >= 0.3 is 0 Å². The summed E-state index contributed by atoms with van der Waals surface area (Å²) in [5.74, 6) is 0.546. The molecule has 0 unspecified atom stereocenters. The van der Waals surface area contributed by atoms with Crippen LogP contribution in [0, 0.1) is 0 Å². The lowest BCUT2D eigenvalue weighted by Gasteiger charge is -2.00. The molecule has 9 heteroatoms. The summed E-state index contributed by atoms with van der Waals surface area (Å²) in [6.07, 6.45) is 0. The molecule has 0 bridgehead atoms. The first-order valence-electron chi connectivity index (χ1n) is 4.64. The van der Waals surface area contributed by atoms with Gasteiger partial charge in [-0.15, -0.1) is 10.2 Å². The summed E-state index contributed by atoms with van der Waals surface area (Å²) < 4.78 is 31.1. The van der Waals surface area contributed by atoms with Crippen molar-refractivity contribution in [1.82, 2.24) is 15.5 Å². The topological polar surface area (TPSA) is 97.1 Å². The number of furan rings is 1. The van der Waals surface area contributed by atoms with Crippen molar-refractivity contribution in [3.05, 3.63) is 23.4 Å². The quantitative estimate of drug-likeness (QED) is 0.831. The summed E-state index contributed by atoms with van der Waals surface area (Å²) in [6.45, 7) is 0.467. The van der Waals surface area contributed by atoms with Gasteiger partial charge in [-0.1, -0.05) is 11.3 Å². The highest BCUT2D eigenvalue weighted by atomic mass is 32.2. The Morgan fingerprint density at radius 1 is 1.47 bits per heavy atom. The van der Waals surface area contributed by atoms with Gasteiger partial charge in [0.15, 0.2) is 0 Å². The van der Waals surface area contributed by atoms with Crippen molar-refractivity contribution in [2.24, 2.45) is 0 Å². The fraction of sp³-hybridized carbons (Fsp3) is 0.250. The Morgan fingerprint density at radius 3 is 2.94 bits per heavy atom. The minimum absolute atomic E-state index is 0.141. The van der Waals surface area contributed by atoms with Crippen LogP contribution in [-0.4, -0.2) is 25.7 Å². The van der Waals surface area contributed by atoms with E-state index in [0.717, 1.165) is 11.3 Å². The van der Waals surface area contributed by atoms with Crippen LogP contribution in [0.15, 0.2) is 27.2 Å². The molecule has 0 saturated heterocycles. The number of hydrogen-bond donors (Lipinski definition) is 2. The van der Waals surface area contributed by atoms with Gasteiger partial charge in [0.1, 0.15) is 11.3 Å². The number of aromatic nitrogens is 2. The second kappa shape index (κ2) is 4.82. The molecule has 0 aromatic carbocycles. The fourth-order valence-electron chi connectivity index (χ4n) is 1.15. The predicted octanol–water partition coefficient (Wildman–Crippen LogP) is 0.651. The smallest absolute Gasteiger partial charge is 0.297 e. The van der Waals surface area contributed by atoms with Crippen molar-refractivity contribution in [2.45, 2.75) is 11.6 Å². The number of hydrogen-bond acceptors (Lipinski definition) is 7. The molecule has 0 atom stereocenters. The van der Waals surface area contributed by atoms with E-state index >= 15 is 0 Å². The third kappa shape index (κ3) is 2.81. The second-order valence-corrected chi connectivity index (χ2v) is 5.55. The number of nitrogens with one attached hydrogen (secondary N) is 2. The highest BCUT2D eigenvalue weighted by Crippen LogP contribution is 2.18. The lowest BCUT2D eigenvalue weighted by Crippen LogP contribution is -2.12. The summed E-state index contributed by atoms with van der Waals surface area (Å²) in [5, 5.41) is 10.1. The molecule has 7 nitrogen and oxygen atoms in total. The first kappa shape index (κ1) is 12.0. The highest BCUT2D eigenvalue weighted by molar-refractivity contribution is 7.92. The van der Waals surface area contributed by atoms with Gasteiger partial charge < -0.3 is 9.73 Å². The molecule has 92 valence electrons. The van der Waals surface area contributed by atoms with E-state index in [9.17, 15) is 8.42 Å². The molecule has 2 aromatic heterocycles. The monoisotopic (exact) mass is 274 g/mol. The van der Waals surface area contributed by atoms with E-state index in [1.54, 1.807) is 13.1 Å². The first-order chi connectivity index (χ1) is 8.12. The number of sulfonamides is 1. The molecule has 0 spiro atoms. The molecule has 2 aromatic rings. The molecule has 0 aliphatic heterocycles. The molecule has 0 saturated carbocycles. The van der Waals surface area contributed by atoms with Gasteiger partial charge in [0.2, 0.25) is 10.2 Å². The van der Waals surface area contributed by atoms with Crippen molar-refractivity contribution in [3.8, 4) is 0 Å². The average molecular weight is 274 g/mol. The Hall–Kier alpha value is -1.45. The molecule has 17 heavy (non-hydrogen) atoms. The standard InChI is InChI=1S/C8H10N4O3S2/c1-9-4-6-2-3-7(15-6)17(13,14)12-8-11-10-5-16-8/h2-3,5,9H,4H2,1H3,(H,11,12). The van der Waals surface area contributed by atoms with E-state index in [1.807, 2.05) is 0 Å². The predicted molar refractivity (Wildman–Crippen MR) is 62.2 cm³/mol. The van der Waals surface area contributed by atoms with E-state index in [4.69, 9.17) is 4.42 Å². The fourth-order valence-corrected chi connectivity index (χ4v) is 2.80. The van der Waals surface area contributed by atoms with Crippen LogP contribution in [0.25, 0.3) is 0 Å². The van der Waals surface area contributed by atoms with Crippen LogP contribution in [0.1, 0.15) is 5.76 Å². The van der Waals surface area contributed by atoms with Gasteiger partial charge in [0, 0.05) is 0 Å². The van der Waals surface area contributed by atoms with Crippen LogP contribution in [0.2, 0.25) is 0 Å². The molecule has 2 rings (SSSR count). The molecule has 2 N–H and O–H groups in total. The number of nitrogens with zero attached hydrogens (tertiary/aromatic N) is 2. The minimum Gasteiger partial charge on any atom is -0.446 e. The second-order valence-electron chi connectivity index (χ2n) is 3.10. The summed E-state index contributed by atoms with van der Waals surface area (Å²) in [6, 6.07) is 3.00. The Labute approximate surface area is 102 Å². The van der Waals surface area contributed by atoms with Gasteiger partial charge in [-0.25, -0.2) is 0 Å². The zero-order valence-electron chi connectivity index (χ0n) is 8.87. The van der Waals surface area contributed by atoms with Gasteiger partial charge in [0.25, 0.3) is 10.0 Å². The van der Waals surface area contributed by atoms with Gasteiger partial charge in [-0.2, -0.15) is 8.42 Å². The van der Waals surface area contributed by atoms with Crippen molar-refractivity contribution in [2.75, 3.05) is 11.8 Å². The zero-order chi connectivity index (χ0) is 12.3. The van der Waals surface area contributed by atoms with Crippen molar-refractivity contribution < 1.29 is 12.8 Å². The van der Waals surface area contributed by atoms with Crippen LogP contribution < -0.4 is 10.0 Å². The molecule has 0 aliphatic rings. The van der Waals surface area contributed by atoms with Crippen LogP contribution >= 0.6 is 11.3 Å². The highest BCUT2D eigenvalue weighted by Gasteiger charge is 2.20. The van der Waals surface area contributed by atoms with E-state index in [-0.39, 0.29) is 10.2 Å². The molecular weight excluding hydrogens is 264 g/mol. The lowest BCUT2D eigenvalue weighted by atomic mass is 10.4. The first-order valence-corrected chi connectivity index (χ1v) is 7.00. The maximum atomic E-state index is 11.8. The van der Waals surface area contributed by atoms with Crippen LogP contribution in [0.3, 0.4) is 0 Å². The molecule has 0 amide bonds. The maximum absolute atomic E-state index is 11.8. The Kier molecular flexibility index (Phi) is 3.41. The largest absolute Gasteiger partial charge is 0.446 e. The number of anilines is 1. The van der Waals surface area contributed by atoms with Gasteiger partial charge in [-0.3, -0.25) is 4.72 Å². The Bertz CT molecular complexity index is 576. The third-order valence-electron chi connectivity index (χ3n) is 1.83. The van der Waals surface area contributed by atoms with Crippen molar-refractivity contribution >= 4 is 26.5 Å². The zero-order valence-corrected chi connectivity index (χ0v) is 10.5.